The summed E-state index contributed by atoms with van der Waals surface area (Å²) in [5.41, 5.74) is 1.64. The first-order valence-electron chi connectivity index (χ1n) is 9.47. The second-order valence-electron chi connectivity index (χ2n) is 7.57. The van der Waals surface area contributed by atoms with Crippen molar-refractivity contribution in [1.82, 2.24) is 10.2 Å². The molecule has 0 aliphatic carbocycles. The van der Waals surface area contributed by atoms with E-state index >= 15 is 0 Å². The fourth-order valence-electron chi connectivity index (χ4n) is 3.41. The smallest absolute Gasteiger partial charge is 0.251 e. The van der Waals surface area contributed by atoms with E-state index in [4.69, 9.17) is 11.6 Å². The van der Waals surface area contributed by atoms with Crippen LogP contribution in [0.5, 0.6) is 0 Å². The molecule has 1 saturated heterocycles. The summed E-state index contributed by atoms with van der Waals surface area (Å²) in [4.78, 5) is 26.8. The fraction of sp³-hybridized carbons (Fsp3) is 0.333. The van der Waals surface area contributed by atoms with Gasteiger partial charge in [-0.25, -0.2) is 12.7 Å². The van der Waals surface area contributed by atoms with Crippen molar-refractivity contribution in [3.8, 4) is 0 Å². The third-order valence-corrected chi connectivity index (χ3v) is 7.18. The van der Waals surface area contributed by atoms with E-state index in [0.717, 1.165) is 9.87 Å². The number of benzene rings is 2. The highest BCUT2D eigenvalue weighted by Crippen LogP contribution is 2.28. The summed E-state index contributed by atoms with van der Waals surface area (Å²) in [5, 5.41) is 3.55. The van der Waals surface area contributed by atoms with Gasteiger partial charge in [0.2, 0.25) is 15.9 Å². The Hall–Kier alpha value is -2.42. The van der Waals surface area contributed by atoms with Crippen molar-refractivity contribution in [2.75, 3.05) is 30.7 Å². The maximum absolute atomic E-state index is 12.6. The van der Waals surface area contributed by atoms with Crippen molar-refractivity contribution in [2.24, 2.45) is 5.92 Å². The minimum Gasteiger partial charge on any atom is -0.350 e. The first-order valence-corrected chi connectivity index (χ1v) is 11.5. The Labute approximate surface area is 181 Å². The van der Waals surface area contributed by atoms with Crippen LogP contribution in [0.15, 0.2) is 48.5 Å². The third-order valence-electron chi connectivity index (χ3n) is 5.06. The number of carbonyl (C=O) groups is 2. The van der Waals surface area contributed by atoms with E-state index in [1.165, 1.54) is 24.3 Å². The molecule has 2 aromatic rings. The van der Waals surface area contributed by atoms with Gasteiger partial charge in [0.05, 0.1) is 23.4 Å². The van der Waals surface area contributed by atoms with Crippen LogP contribution in [0.1, 0.15) is 28.9 Å². The Morgan fingerprint density at radius 1 is 1.17 bits per heavy atom. The van der Waals surface area contributed by atoms with Gasteiger partial charge in [-0.1, -0.05) is 30.7 Å². The van der Waals surface area contributed by atoms with E-state index < -0.39 is 21.8 Å². The normalized spacial score (nSPS) is 19.2. The lowest BCUT2D eigenvalue weighted by Gasteiger charge is -2.25. The molecule has 3 rings (SSSR count). The van der Waals surface area contributed by atoms with Gasteiger partial charge in [0.25, 0.3) is 5.91 Å². The minimum atomic E-state index is -3.67. The van der Waals surface area contributed by atoms with Crippen LogP contribution in [-0.4, -0.2) is 51.5 Å². The summed E-state index contributed by atoms with van der Waals surface area (Å²) in [6.07, 6.45) is 0. The zero-order valence-electron chi connectivity index (χ0n) is 17.0. The van der Waals surface area contributed by atoms with Gasteiger partial charge < -0.3 is 10.2 Å². The largest absolute Gasteiger partial charge is 0.350 e. The van der Waals surface area contributed by atoms with E-state index in [-0.39, 0.29) is 23.4 Å². The van der Waals surface area contributed by atoms with Gasteiger partial charge in [-0.15, -0.1) is 0 Å². The molecule has 7 nitrogen and oxygen atoms in total. The van der Waals surface area contributed by atoms with Crippen LogP contribution in [-0.2, 0) is 14.8 Å². The quantitative estimate of drug-likeness (QED) is 0.732. The number of carbonyl (C=O) groups excluding carboxylic acids is 2. The van der Waals surface area contributed by atoms with E-state index in [2.05, 4.69) is 5.32 Å². The van der Waals surface area contributed by atoms with Gasteiger partial charge in [-0.2, -0.15) is 0 Å². The lowest BCUT2D eigenvalue weighted by atomic mass is 10.1. The molecule has 30 heavy (non-hydrogen) atoms. The Balaban J connectivity index is 1.70. The molecule has 2 atom stereocenters. The summed E-state index contributed by atoms with van der Waals surface area (Å²) in [6, 6.07) is 13.4. The Bertz CT molecular complexity index is 1040. The average molecular weight is 450 g/mol. The number of amides is 2. The molecule has 0 bridgehead atoms. The number of hydrogen-bond acceptors (Lipinski definition) is 5. The summed E-state index contributed by atoms with van der Waals surface area (Å²) in [5.74, 6) is -1.52. The Morgan fingerprint density at radius 2 is 1.77 bits per heavy atom. The number of nitrogens with zero attached hydrogens (tertiary/aromatic N) is 2. The van der Waals surface area contributed by atoms with Gasteiger partial charge in [-0.3, -0.25) is 9.59 Å². The minimum absolute atomic E-state index is 0.0423. The predicted molar refractivity (Wildman–Crippen MR) is 117 cm³/mol. The maximum atomic E-state index is 12.6. The molecule has 1 heterocycles. The number of hydrogen-bond donors (Lipinski definition) is 1. The van der Waals surface area contributed by atoms with Crippen LogP contribution >= 0.6 is 11.6 Å². The van der Waals surface area contributed by atoms with Gasteiger partial charge in [0.1, 0.15) is 0 Å². The van der Waals surface area contributed by atoms with Crippen molar-refractivity contribution < 1.29 is 18.0 Å². The van der Waals surface area contributed by atoms with Crippen LogP contribution in [0.25, 0.3) is 0 Å². The van der Waals surface area contributed by atoms with Crippen molar-refractivity contribution in [2.45, 2.75) is 13.0 Å². The van der Waals surface area contributed by atoms with Gasteiger partial charge in [-0.05, 0) is 56.1 Å². The molecular weight excluding hydrogens is 426 g/mol. The Kier molecular flexibility index (Phi) is 6.50. The van der Waals surface area contributed by atoms with E-state index in [1.807, 2.05) is 43.3 Å². The second-order valence-corrected chi connectivity index (χ2v) is 9.87. The molecule has 0 spiro atoms. The first kappa shape index (κ1) is 22.3. The number of sulfonamides is 1. The van der Waals surface area contributed by atoms with Crippen LogP contribution in [0.3, 0.4) is 0 Å². The van der Waals surface area contributed by atoms with Crippen molar-refractivity contribution >= 4 is 39.1 Å². The molecule has 2 unspecified atom stereocenters. The number of anilines is 1. The SMILES string of the molecule is CC1CS(=O)(=O)N(c2ccc(C(=O)NCC(c3ccc(Cl)cc3)N(C)C)cc2)C1=O. The van der Waals surface area contributed by atoms with Crippen LogP contribution < -0.4 is 9.62 Å². The highest BCUT2D eigenvalue weighted by atomic mass is 35.5. The monoisotopic (exact) mass is 449 g/mol. The van der Waals surface area contributed by atoms with Crippen LogP contribution in [0, 0.1) is 5.92 Å². The topological polar surface area (TPSA) is 86.8 Å². The Morgan fingerprint density at radius 3 is 2.27 bits per heavy atom. The number of halogens is 1. The zero-order chi connectivity index (χ0) is 22.1. The highest BCUT2D eigenvalue weighted by Gasteiger charge is 2.41. The summed E-state index contributed by atoms with van der Waals surface area (Å²) < 4.78 is 25.2. The van der Waals surface area contributed by atoms with Crippen LogP contribution in [0.4, 0.5) is 5.69 Å². The molecular formula is C21H24ClN3O4S. The van der Waals surface area contributed by atoms with E-state index in [0.29, 0.717) is 17.1 Å². The van der Waals surface area contributed by atoms with Crippen LogP contribution in [0.2, 0.25) is 5.02 Å². The molecule has 1 fully saturated rings. The second kappa shape index (κ2) is 8.75. The van der Waals surface area contributed by atoms with Crippen molar-refractivity contribution in [1.29, 1.82) is 0 Å². The molecule has 1 aliphatic rings. The standard InChI is InChI=1S/C21H24ClN3O4S/c1-14-13-30(28,29)25(21(14)27)18-10-6-16(7-11-18)20(26)23-12-19(24(2)3)15-4-8-17(22)9-5-15/h4-11,14,19H,12-13H2,1-3H3,(H,23,26). The first-order chi connectivity index (χ1) is 14.1. The molecule has 1 N–H and O–H groups in total. The third kappa shape index (κ3) is 4.66. The van der Waals surface area contributed by atoms with Gasteiger partial charge >= 0.3 is 0 Å². The molecule has 0 saturated carbocycles. The fourth-order valence-corrected chi connectivity index (χ4v) is 5.36. The summed E-state index contributed by atoms with van der Waals surface area (Å²) in [6.45, 7) is 1.97. The molecule has 2 aromatic carbocycles. The summed E-state index contributed by atoms with van der Waals surface area (Å²) >= 11 is 5.95. The number of likely N-dealkylation sites (N-methyl/N-ethyl adjacent to an activating group) is 1. The van der Waals surface area contributed by atoms with Crippen molar-refractivity contribution in [3.63, 3.8) is 0 Å². The predicted octanol–water partition coefficient (Wildman–Crippen LogP) is 2.69. The molecule has 2 amide bonds. The lowest BCUT2D eigenvalue weighted by Crippen LogP contribution is -2.34. The van der Waals surface area contributed by atoms with Gasteiger partial charge in [0.15, 0.2) is 0 Å². The molecule has 9 heteroatoms. The molecule has 0 radical (unpaired) electrons. The number of nitrogens with one attached hydrogen (secondary N) is 1. The average Bonchev–Trinajstić information content (AvgIpc) is 2.89. The maximum Gasteiger partial charge on any atom is 0.251 e. The number of rotatable bonds is 6. The lowest BCUT2D eigenvalue weighted by molar-refractivity contribution is -0.119. The highest BCUT2D eigenvalue weighted by molar-refractivity contribution is 7.94. The molecule has 1 aliphatic heterocycles. The van der Waals surface area contributed by atoms with E-state index in [9.17, 15) is 18.0 Å². The summed E-state index contributed by atoms with van der Waals surface area (Å²) in [7, 11) is 0.183. The molecule has 160 valence electrons. The van der Waals surface area contributed by atoms with Crippen molar-refractivity contribution in [3.05, 3.63) is 64.7 Å². The zero-order valence-corrected chi connectivity index (χ0v) is 18.6. The van der Waals surface area contributed by atoms with Gasteiger partial charge in [0, 0.05) is 17.1 Å². The molecule has 0 aromatic heterocycles. The van der Waals surface area contributed by atoms with E-state index in [1.54, 1.807) is 6.92 Å².